The summed E-state index contributed by atoms with van der Waals surface area (Å²) in [6.07, 6.45) is 0. The van der Waals surface area contributed by atoms with Gasteiger partial charge in [0.1, 0.15) is 0 Å². The van der Waals surface area contributed by atoms with Gasteiger partial charge >= 0.3 is 5.51 Å². The lowest BCUT2D eigenvalue weighted by Gasteiger charge is -2.06. The highest BCUT2D eigenvalue weighted by atomic mass is 79.9. The van der Waals surface area contributed by atoms with Gasteiger partial charge < -0.3 is 0 Å². The maximum atomic E-state index is 12.0. The average molecular weight is 289 g/mol. The van der Waals surface area contributed by atoms with E-state index in [4.69, 9.17) is 0 Å². The van der Waals surface area contributed by atoms with Crippen molar-refractivity contribution in [1.29, 1.82) is 0 Å². The van der Waals surface area contributed by atoms with Crippen molar-refractivity contribution in [3.8, 4) is 0 Å². The molecule has 0 nitrogen and oxygen atoms in total. The number of hydrogen-bond acceptors (Lipinski definition) is 2. The molecule has 0 aromatic carbocycles. The van der Waals surface area contributed by atoms with E-state index in [-0.39, 0.29) is 16.7 Å². The third kappa shape index (κ3) is 3.74. The number of hydrogen-bond donors (Lipinski definition) is 0. The zero-order chi connectivity index (χ0) is 9.90. The van der Waals surface area contributed by atoms with E-state index in [2.05, 4.69) is 15.9 Å². The van der Waals surface area contributed by atoms with Gasteiger partial charge in [-0.3, -0.25) is 0 Å². The first-order chi connectivity index (χ1) is 6.03. The van der Waals surface area contributed by atoms with E-state index < -0.39 is 5.51 Å². The topological polar surface area (TPSA) is 0 Å². The van der Waals surface area contributed by atoms with Crippen molar-refractivity contribution in [1.82, 2.24) is 0 Å². The number of rotatable bonds is 2. The van der Waals surface area contributed by atoms with E-state index in [9.17, 15) is 13.2 Å². The fraction of sp³-hybridized carbons (Fsp3) is 0.143. The molecule has 0 saturated carbocycles. The van der Waals surface area contributed by atoms with Crippen LogP contribution in [0.2, 0.25) is 0 Å². The lowest BCUT2D eigenvalue weighted by Crippen LogP contribution is -1.99. The van der Waals surface area contributed by atoms with Gasteiger partial charge in [-0.2, -0.15) is 24.5 Å². The zero-order valence-corrected chi connectivity index (χ0v) is 9.36. The van der Waals surface area contributed by atoms with Crippen molar-refractivity contribution in [2.45, 2.75) is 5.51 Å². The Balaban J connectivity index is 2.78. The number of thiophene rings is 1. The van der Waals surface area contributed by atoms with Crippen molar-refractivity contribution in [2.24, 2.45) is 0 Å². The van der Waals surface area contributed by atoms with Crippen LogP contribution in [0, 0.1) is 0 Å². The summed E-state index contributed by atoms with van der Waals surface area (Å²) < 4.78 is 36.0. The second-order valence-electron chi connectivity index (χ2n) is 2.03. The first-order valence-corrected chi connectivity index (χ1v) is 5.79. The summed E-state index contributed by atoms with van der Waals surface area (Å²) >= 11 is 4.16. The zero-order valence-electron chi connectivity index (χ0n) is 6.14. The number of halogens is 4. The summed E-state index contributed by atoms with van der Waals surface area (Å²) in [5.74, 6) is 0. The molecule has 0 spiro atoms. The molecule has 1 heterocycles. The summed E-state index contributed by atoms with van der Waals surface area (Å²) in [5, 5.41) is 3.41. The lowest BCUT2D eigenvalue weighted by molar-refractivity contribution is -0.0317. The molecule has 72 valence electrons. The molecule has 1 aromatic heterocycles. The van der Waals surface area contributed by atoms with Gasteiger partial charge in [0, 0.05) is 4.91 Å². The Kier molecular flexibility index (Phi) is 3.87. The minimum absolute atomic E-state index is 0.120. The molecule has 1 rings (SSSR count). The average Bonchev–Trinajstić information content (AvgIpc) is 2.50. The first-order valence-electron chi connectivity index (χ1n) is 3.11. The highest BCUT2D eigenvalue weighted by molar-refractivity contribution is 9.11. The third-order valence-electron chi connectivity index (χ3n) is 1.13. The second-order valence-corrected chi connectivity index (χ2v) is 4.38. The molecule has 0 saturated heterocycles. The Hall–Kier alpha value is 0.0600. The predicted octanol–water partition coefficient (Wildman–Crippen LogP) is 4.69. The lowest BCUT2D eigenvalue weighted by atomic mass is 10.3. The summed E-state index contributed by atoms with van der Waals surface area (Å²) in [7, 11) is 0. The van der Waals surface area contributed by atoms with Crippen LogP contribution >= 0.6 is 39.0 Å². The standard InChI is InChI=1S/C7H4BrF3S2/c8-3-6(13-7(9,10)11)5-1-2-12-4-5/h1-4H/b6-3+. The molecule has 0 atom stereocenters. The van der Waals surface area contributed by atoms with Crippen molar-refractivity contribution < 1.29 is 13.2 Å². The maximum Gasteiger partial charge on any atom is 0.446 e. The Morgan fingerprint density at radius 1 is 1.54 bits per heavy atom. The van der Waals surface area contributed by atoms with Gasteiger partial charge in [-0.15, -0.1) is 0 Å². The normalized spacial score (nSPS) is 13.4. The van der Waals surface area contributed by atoms with Crippen LogP contribution in [0.1, 0.15) is 5.56 Å². The molecule has 0 bridgehead atoms. The molecule has 0 aliphatic carbocycles. The molecule has 0 amide bonds. The van der Waals surface area contributed by atoms with Crippen LogP contribution < -0.4 is 0 Å². The molecular weight excluding hydrogens is 285 g/mol. The summed E-state index contributed by atoms with van der Waals surface area (Å²) in [4.78, 5) is 1.46. The molecule has 0 unspecified atom stereocenters. The number of thioether (sulfide) groups is 1. The molecule has 0 N–H and O–H groups in total. The minimum atomic E-state index is -4.23. The highest BCUT2D eigenvalue weighted by Gasteiger charge is 2.30. The summed E-state index contributed by atoms with van der Waals surface area (Å²) in [6.45, 7) is 0. The second kappa shape index (κ2) is 4.52. The molecular formula is C7H4BrF3S2. The maximum absolute atomic E-state index is 12.0. The van der Waals surface area contributed by atoms with Gasteiger partial charge in [0.2, 0.25) is 0 Å². The van der Waals surface area contributed by atoms with Gasteiger partial charge in [0.15, 0.2) is 0 Å². The van der Waals surface area contributed by atoms with Gasteiger partial charge in [0.05, 0.1) is 0 Å². The Labute approximate surface area is 90.0 Å². The molecule has 6 heteroatoms. The summed E-state index contributed by atoms with van der Waals surface area (Å²) in [6, 6.07) is 1.65. The molecule has 0 radical (unpaired) electrons. The van der Waals surface area contributed by atoms with E-state index in [1.165, 1.54) is 16.3 Å². The van der Waals surface area contributed by atoms with Crippen LogP contribution in [0.25, 0.3) is 4.91 Å². The largest absolute Gasteiger partial charge is 0.446 e. The Morgan fingerprint density at radius 2 is 2.23 bits per heavy atom. The van der Waals surface area contributed by atoms with E-state index in [0.29, 0.717) is 5.56 Å². The van der Waals surface area contributed by atoms with Gasteiger partial charge in [-0.25, -0.2) is 0 Å². The molecule has 0 aliphatic rings. The quantitative estimate of drug-likeness (QED) is 0.760. The van der Waals surface area contributed by atoms with E-state index >= 15 is 0 Å². The molecule has 0 fully saturated rings. The van der Waals surface area contributed by atoms with Crippen LogP contribution in [0.3, 0.4) is 0 Å². The fourth-order valence-corrected chi connectivity index (χ4v) is 2.49. The smallest absolute Gasteiger partial charge is 0.160 e. The first kappa shape index (κ1) is 11.1. The van der Waals surface area contributed by atoms with Crippen LogP contribution in [-0.4, -0.2) is 5.51 Å². The van der Waals surface area contributed by atoms with Gasteiger partial charge in [-0.1, -0.05) is 15.9 Å². The minimum Gasteiger partial charge on any atom is -0.160 e. The van der Waals surface area contributed by atoms with Crippen LogP contribution in [0.5, 0.6) is 0 Å². The van der Waals surface area contributed by atoms with Gasteiger partial charge in [0.25, 0.3) is 0 Å². The van der Waals surface area contributed by atoms with Crippen LogP contribution in [-0.2, 0) is 0 Å². The van der Waals surface area contributed by atoms with Crippen molar-refractivity contribution in [3.05, 3.63) is 27.4 Å². The van der Waals surface area contributed by atoms with Crippen molar-refractivity contribution >= 4 is 43.9 Å². The van der Waals surface area contributed by atoms with Crippen molar-refractivity contribution in [2.75, 3.05) is 0 Å². The Bertz CT molecular complexity index is 289. The van der Waals surface area contributed by atoms with Crippen LogP contribution in [0.15, 0.2) is 21.8 Å². The number of alkyl halides is 3. The summed E-state index contributed by atoms with van der Waals surface area (Å²) in [5.41, 5.74) is -3.65. The van der Waals surface area contributed by atoms with E-state index in [0.717, 1.165) is 0 Å². The van der Waals surface area contributed by atoms with E-state index in [1.807, 2.05) is 0 Å². The monoisotopic (exact) mass is 288 g/mol. The SMILES string of the molecule is FC(F)(F)S/C(=C/Br)c1ccsc1. The fourth-order valence-electron chi connectivity index (χ4n) is 0.674. The molecule has 1 aromatic rings. The predicted molar refractivity (Wildman–Crippen MR) is 54.9 cm³/mol. The van der Waals surface area contributed by atoms with Crippen molar-refractivity contribution in [3.63, 3.8) is 0 Å². The van der Waals surface area contributed by atoms with Gasteiger partial charge in [-0.05, 0) is 39.1 Å². The molecule has 13 heavy (non-hydrogen) atoms. The van der Waals surface area contributed by atoms with E-state index in [1.54, 1.807) is 16.8 Å². The third-order valence-corrected chi connectivity index (χ3v) is 3.38. The highest BCUT2D eigenvalue weighted by Crippen LogP contribution is 2.42. The molecule has 0 aliphatic heterocycles. The van der Waals surface area contributed by atoms with Crippen LogP contribution in [0.4, 0.5) is 13.2 Å². The Morgan fingerprint density at radius 3 is 2.62 bits per heavy atom.